The Labute approximate surface area is 200 Å². The van der Waals surface area contributed by atoms with Crippen molar-refractivity contribution in [3.05, 3.63) is 95.9 Å². The quantitative estimate of drug-likeness (QED) is 0.265. The van der Waals surface area contributed by atoms with Gasteiger partial charge in [-0.05, 0) is 47.9 Å². The first-order valence-corrected chi connectivity index (χ1v) is 12.5. The first kappa shape index (κ1) is 19.6. The molecule has 4 heteroatoms. The van der Waals surface area contributed by atoms with Gasteiger partial charge in [-0.2, -0.15) is 0 Å². The molecule has 0 unspecified atom stereocenters. The van der Waals surface area contributed by atoms with Crippen LogP contribution in [0.4, 0.5) is 0 Å². The highest BCUT2D eigenvalue weighted by Gasteiger charge is 2.19. The van der Waals surface area contributed by atoms with E-state index in [2.05, 4.69) is 90.5 Å². The normalized spacial score (nSPS) is 12.1. The van der Waals surface area contributed by atoms with Gasteiger partial charge in [0.15, 0.2) is 0 Å². The van der Waals surface area contributed by atoms with Crippen LogP contribution in [0.15, 0.2) is 94.7 Å². The zero-order chi connectivity index (χ0) is 22.8. The van der Waals surface area contributed by atoms with Crippen molar-refractivity contribution >= 4 is 54.4 Å². The van der Waals surface area contributed by atoms with Crippen molar-refractivity contribution in [1.82, 2.24) is 9.55 Å². The minimum atomic E-state index is 0.509. The van der Waals surface area contributed by atoms with Crippen molar-refractivity contribution in [2.24, 2.45) is 0 Å². The Bertz CT molecular complexity index is 1850. The lowest BCUT2D eigenvalue weighted by molar-refractivity contribution is 0.668. The van der Waals surface area contributed by atoms with E-state index in [9.17, 15) is 0 Å². The summed E-state index contributed by atoms with van der Waals surface area (Å²) in [5.41, 5.74) is 7.45. The third-order valence-corrected chi connectivity index (χ3v) is 7.63. The number of nitrogens with zero attached hydrogens (tertiary/aromatic N) is 2. The molecule has 0 saturated heterocycles. The zero-order valence-electron chi connectivity index (χ0n) is 18.9. The largest absolute Gasteiger partial charge is 0.456 e. The second-order valence-corrected chi connectivity index (χ2v) is 10.0. The topological polar surface area (TPSA) is 31.0 Å². The first-order valence-electron chi connectivity index (χ1n) is 11.6. The summed E-state index contributed by atoms with van der Waals surface area (Å²) < 4.78 is 9.77. The number of hydrogen-bond acceptors (Lipinski definition) is 3. The molecule has 0 bridgehead atoms. The summed E-state index contributed by atoms with van der Waals surface area (Å²) in [6, 6.07) is 29.8. The van der Waals surface area contributed by atoms with E-state index in [1.54, 1.807) is 11.3 Å². The molecule has 4 aromatic carbocycles. The number of hydrogen-bond donors (Lipinski definition) is 0. The molecule has 0 aliphatic rings. The van der Waals surface area contributed by atoms with Gasteiger partial charge in [0.05, 0.1) is 16.7 Å². The molecule has 3 aromatic heterocycles. The third kappa shape index (κ3) is 2.85. The van der Waals surface area contributed by atoms with Gasteiger partial charge in [-0.25, -0.2) is 4.98 Å². The van der Waals surface area contributed by atoms with Crippen molar-refractivity contribution < 1.29 is 4.42 Å². The van der Waals surface area contributed by atoms with E-state index >= 15 is 0 Å². The summed E-state index contributed by atoms with van der Waals surface area (Å²) in [5, 5.41) is 5.76. The fraction of sp³-hybridized carbons (Fsp3) is 0.100. The highest BCUT2D eigenvalue weighted by atomic mass is 32.1. The van der Waals surface area contributed by atoms with Crippen LogP contribution in [0.3, 0.4) is 0 Å². The summed E-state index contributed by atoms with van der Waals surface area (Å²) in [7, 11) is 0. The Balaban J connectivity index is 1.49. The van der Waals surface area contributed by atoms with Crippen LogP contribution in [-0.4, -0.2) is 9.55 Å². The minimum absolute atomic E-state index is 0.509. The molecular formula is C30H22N2OS. The molecule has 0 aliphatic heterocycles. The molecule has 0 fully saturated rings. The van der Waals surface area contributed by atoms with Gasteiger partial charge in [0.1, 0.15) is 17.0 Å². The van der Waals surface area contributed by atoms with Crippen LogP contribution in [-0.2, 0) is 0 Å². The number of imidazole rings is 1. The molecule has 34 heavy (non-hydrogen) atoms. The molecule has 0 saturated carbocycles. The fourth-order valence-electron chi connectivity index (χ4n) is 4.90. The maximum atomic E-state index is 6.21. The van der Waals surface area contributed by atoms with Gasteiger partial charge in [0, 0.05) is 37.9 Å². The predicted octanol–water partition coefficient (Wildman–Crippen LogP) is 8.93. The maximum Gasteiger partial charge on any atom is 0.147 e. The summed E-state index contributed by atoms with van der Waals surface area (Å²) >= 11 is 1.79. The van der Waals surface area contributed by atoms with Crippen molar-refractivity contribution in [3.63, 3.8) is 0 Å². The highest BCUT2D eigenvalue weighted by Crippen LogP contribution is 2.39. The predicted molar refractivity (Wildman–Crippen MR) is 143 cm³/mol. The van der Waals surface area contributed by atoms with E-state index in [1.165, 1.54) is 15.6 Å². The molecule has 3 heterocycles. The summed E-state index contributed by atoms with van der Waals surface area (Å²) in [6.45, 7) is 4.48. The van der Waals surface area contributed by atoms with E-state index < -0.39 is 0 Å². The molecule has 3 nitrogen and oxygen atoms in total. The second-order valence-electron chi connectivity index (χ2n) is 9.10. The smallest absolute Gasteiger partial charge is 0.147 e. The van der Waals surface area contributed by atoms with Crippen LogP contribution in [0, 0.1) is 0 Å². The van der Waals surface area contributed by atoms with Crippen molar-refractivity contribution in [2.75, 3.05) is 0 Å². The minimum Gasteiger partial charge on any atom is -0.456 e. The number of fused-ring (bicyclic) bond motifs is 5. The summed E-state index contributed by atoms with van der Waals surface area (Å²) in [4.78, 5) is 5.10. The molecule has 164 valence electrons. The fourth-order valence-corrected chi connectivity index (χ4v) is 5.89. The lowest BCUT2D eigenvalue weighted by Gasteiger charge is -2.10. The number of benzene rings is 4. The number of para-hydroxylation sites is 3. The van der Waals surface area contributed by atoms with Crippen molar-refractivity contribution in [3.8, 4) is 17.1 Å². The van der Waals surface area contributed by atoms with Crippen LogP contribution < -0.4 is 0 Å². The Kier molecular flexibility index (Phi) is 4.20. The van der Waals surface area contributed by atoms with E-state index in [0.717, 1.165) is 50.0 Å². The van der Waals surface area contributed by atoms with Crippen molar-refractivity contribution in [1.29, 1.82) is 0 Å². The summed E-state index contributed by atoms with van der Waals surface area (Å²) in [5.74, 6) is 1.47. The molecule has 0 amide bonds. The lowest BCUT2D eigenvalue weighted by Crippen LogP contribution is -1.97. The molecule has 7 rings (SSSR count). The van der Waals surface area contributed by atoms with Gasteiger partial charge < -0.3 is 4.42 Å². The van der Waals surface area contributed by atoms with E-state index in [-0.39, 0.29) is 0 Å². The molecular weight excluding hydrogens is 436 g/mol. The average Bonchev–Trinajstić information content (AvgIpc) is 3.55. The average molecular weight is 459 g/mol. The number of rotatable bonds is 3. The molecule has 0 spiro atoms. The van der Waals surface area contributed by atoms with E-state index in [4.69, 9.17) is 9.40 Å². The maximum absolute atomic E-state index is 6.21. The Morgan fingerprint density at radius 2 is 1.59 bits per heavy atom. The van der Waals surface area contributed by atoms with Gasteiger partial charge >= 0.3 is 0 Å². The number of aromatic nitrogens is 2. The van der Waals surface area contributed by atoms with Crippen LogP contribution in [0.25, 0.3) is 60.1 Å². The number of furan rings is 1. The zero-order valence-corrected chi connectivity index (χ0v) is 19.8. The van der Waals surface area contributed by atoms with E-state index in [0.29, 0.717) is 5.92 Å². The first-order chi connectivity index (χ1) is 16.7. The molecule has 0 atom stereocenters. The molecule has 0 radical (unpaired) electrons. The Hall–Kier alpha value is -3.89. The molecule has 0 N–H and O–H groups in total. The third-order valence-electron chi connectivity index (χ3n) is 6.69. The van der Waals surface area contributed by atoms with Crippen LogP contribution >= 0.6 is 11.3 Å². The van der Waals surface area contributed by atoms with E-state index in [1.807, 2.05) is 18.2 Å². The second kappa shape index (κ2) is 7.31. The van der Waals surface area contributed by atoms with Crippen LogP contribution in [0.5, 0.6) is 0 Å². The van der Waals surface area contributed by atoms with Gasteiger partial charge in [-0.15, -0.1) is 11.3 Å². The molecule has 7 aromatic rings. The Morgan fingerprint density at radius 3 is 2.50 bits per heavy atom. The van der Waals surface area contributed by atoms with Gasteiger partial charge in [-0.1, -0.05) is 56.3 Å². The lowest BCUT2D eigenvalue weighted by atomic mass is 10.0. The molecule has 0 aliphatic carbocycles. The Morgan fingerprint density at radius 1 is 0.794 bits per heavy atom. The van der Waals surface area contributed by atoms with Gasteiger partial charge in [0.2, 0.25) is 0 Å². The summed E-state index contributed by atoms with van der Waals surface area (Å²) in [6.07, 6.45) is 0. The highest BCUT2D eigenvalue weighted by molar-refractivity contribution is 7.17. The van der Waals surface area contributed by atoms with Crippen LogP contribution in [0.2, 0.25) is 0 Å². The van der Waals surface area contributed by atoms with Gasteiger partial charge in [-0.3, -0.25) is 4.57 Å². The SMILES string of the molecule is CC(C)c1ccc2c(-c3nc4ccccc4n3-c3ccc4c(c3)oc3ccccc34)csc2c1. The van der Waals surface area contributed by atoms with Crippen molar-refractivity contribution in [2.45, 2.75) is 19.8 Å². The standard InChI is InChI=1S/C30H22N2OS/c1-18(2)19-11-13-23-24(17-34-29(23)15-19)30-31-25-8-4-5-9-26(25)32(30)20-12-14-22-21-7-3-6-10-27(21)33-28(22)16-20/h3-18H,1-2H3. The van der Waals surface area contributed by atoms with Gasteiger partial charge in [0.25, 0.3) is 0 Å². The monoisotopic (exact) mass is 458 g/mol. The van der Waals surface area contributed by atoms with Crippen LogP contribution in [0.1, 0.15) is 25.3 Å². The number of thiophene rings is 1.